The summed E-state index contributed by atoms with van der Waals surface area (Å²) in [7, 11) is -4.45. The molecule has 1 heterocycles. The number of hydrogen-bond acceptors (Lipinski definition) is 4. The number of alkyl halides is 4. The molecule has 2 aromatic carbocycles. The van der Waals surface area contributed by atoms with Crippen molar-refractivity contribution >= 4 is 15.9 Å². The van der Waals surface area contributed by atoms with E-state index in [0.29, 0.717) is 18.4 Å². The number of likely N-dealkylation sites (tertiary alicyclic amines) is 1. The number of nitrogens with zero attached hydrogens (tertiary/aromatic N) is 1. The Morgan fingerprint density at radius 2 is 1.80 bits per heavy atom. The van der Waals surface area contributed by atoms with Gasteiger partial charge >= 0.3 is 6.18 Å². The maximum Gasteiger partial charge on any atom is 0.423 e. The molecule has 1 saturated heterocycles. The van der Waals surface area contributed by atoms with E-state index in [0.717, 1.165) is 4.90 Å². The van der Waals surface area contributed by atoms with Crippen LogP contribution < -0.4 is 4.72 Å². The van der Waals surface area contributed by atoms with Crippen LogP contribution in [0, 0.1) is 11.2 Å². The molecule has 12 heteroatoms. The minimum absolute atomic E-state index is 0.0396. The number of nitrogens with one attached hydrogen (secondary N) is 1. The van der Waals surface area contributed by atoms with Gasteiger partial charge in [0.15, 0.2) is 0 Å². The van der Waals surface area contributed by atoms with E-state index in [2.05, 4.69) is 4.72 Å². The van der Waals surface area contributed by atoms with Crippen molar-refractivity contribution in [3.8, 4) is 11.1 Å². The number of aliphatic hydroxyl groups is 1. The Morgan fingerprint density at radius 3 is 2.37 bits per heavy atom. The Labute approximate surface area is 198 Å². The van der Waals surface area contributed by atoms with E-state index in [4.69, 9.17) is 0 Å². The Balaban J connectivity index is 1.74. The lowest BCUT2D eigenvalue weighted by Crippen LogP contribution is -2.53. The van der Waals surface area contributed by atoms with Crippen molar-refractivity contribution in [2.45, 2.75) is 43.6 Å². The number of benzene rings is 2. The summed E-state index contributed by atoms with van der Waals surface area (Å²) in [6.45, 7) is -0.275. The lowest BCUT2D eigenvalue weighted by Gasteiger charge is -2.31. The van der Waals surface area contributed by atoms with Crippen LogP contribution in [0.1, 0.15) is 18.4 Å². The zero-order chi connectivity index (χ0) is 25.6. The summed E-state index contributed by atoms with van der Waals surface area (Å²) in [6.07, 6.45) is -8.15. The second kappa shape index (κ2) is 9.14. The predicted octanol–water partition coefficient (Wildman–Crippen LogP) is 3.16. The first kappa shape index (κ1) is 25.5. The van der Waals surface area contributed by atoms with E-state index in [1.54, 1.807) is 36.4 Å². The number of aliphatic hydroxyl groups excluding tert-OH is 1. The third kappa shape index (κ3) is 5.05. The van der Waals surface area contributed by atoms with Gasteiger partial charge in [-0.15, -0.1) is 0 Å². The molecule has 1 aliphatic heterocycles. The fourth-order valence-corrected chi connectivity index (χ4v) is 5.63. The molecule has 2 N–H and O–H groups in total. The number of sulfonamides is 1. The standard InChI is InChI=1S/C23H23F5N2O4S/c24-13-35(33,34)29-19-17(30(12-22(19)9-10-22)21(32)20(31)23(26,27)28)11-15-7-4-8-16(18(15)25)14-5-2-1-3-6-14/h1-8,17,19-20,29,31H,9-13H2/t17-,19+,20?/m0/s1. The van der Waals surface area contributed by atoms with Crippen LogP contribution in [0.2, 0.25) is 0 Å². The minimum Gasteiger partial charge on any atom is -0.376 e. The largest absolute Gasteiger partial charge is 0.423 e. The molecule has 6 nitrogen and oxygen atoms in total. The zero-order valence-corrected chi connectivity index (χ0v) is 19.1. The Bertz CT molecular complexity index is 1200. The van der Waals surface area contributed by atoms with Crippen LogP contribution in [0.3, 0.4) is 0 Å². The molecule has 1 spiro atoms. The van der Waals surface area contributed by atoms with Gasteiger partial charge in [-0.2, -0.15) is 13.2 Å². The third-order valence-electron chi connectivity index (χ3n) is 6.69. The number of carbonyl (C=O) groups excluding carboxylic acids is 1. The van der Waals surface area contributed by atoms with E-state index in [-0.39, 0.29) is 24.1 Å². The number of hydrogen-bond donors (Lipinski definition) is 2. The molecule has 1 amide bonds. The van der Waals surface area contributed by atoms with Gasteiger partial charge < -0.3 is 10.0 Å². The van der Waals surface area contributed by atoms with Crippen molar-refractivity contribution in [3.63, 3.8) is 0 Å². The maximum atomic E-state index is 15.5. The van der Waals surface area contributed by atoms with Gasteiger partial charge in [0.05, 0.1) is 6.04 Å². The van der Waals surface area contributed by atoms with Gasteiger partial charge in [-0.05, 0) is 30.4 Å². The molecule has 4 rings (SSSR count). The second-order valence-electron chi connectivity index (χ2n) is 9.01. The van der Waals surface area contributed by atoms with Gasteiger partial charge in [0.25, 0.3) is 5.91 Å². The Kier molecular flexibility index (Phi) is 6.66. The van der Waals surface area contributed by atoms with Crippen LogP contribution in [0.4, 0.5) is 22.0 Å². The van der Waals surface area contributed by atoms with Crippen molar-refractivity contribution in [2.24, 2.45) is 5.41 Å². The van der Waals surface area contributed by atoms with Gasteiger partial charge in [-0.1, -0.05) is 48.5 Å². The Morgan fingerprint density at radius 1 is 1.14 bits per heavy atom. The van der Waals surface area contributed by atoms with Gasteiger partial charge in [-0.3, -0.25) is 4.79 Å². The highest BCUT2D eigenvalue weighted by atomic mass is 32.2. The third-order valence-corrected chi connectivity index (χ3v) is 7.59. The molecule has 1 aliphatic carbocycles. The summed E-state index contributed by atoms with van der Waals surface area (Å²) < 4.78 is 94.3. The second-order valence-corrected chi connectivity index (χ2v) is 10.7. The average Bonchev–Trinajstić information content (AvgIpc) is 3.54. The van der Waals surface area contributed by atoms with Crippen LogP contribution in [0.15, 0.2) is 48.5 Å². The first-order chi connectivity index (χ1) is 16.4. The summed E-state index contributed by atoms with van der Waals surface area (Å²) in [6, 6.07) is 8.77. The van der Waals surface area contributed by atoms with E-state index in [1.165, 1.54) is 12.1 Å². The van der Waals surface area contributed by atoms with Crippen molar-refractivity contribution in [2.75, 3.05) is 12.6 Å². The molecule has 3 atom stereocenters. The van der Waals surface area contributed by atoms with Gasteiger partial charge in [0.2, 0.25) is 22.1 Å². The molecule has 190 valence electrons. The lowest BCUT2D eigenvalue weighted by atomic mass is 9.91. The van der Waals surface area contributed by atoms with Crippen molar-refractivity contribution < 1.29 is 40.3 Å². The number of rotatable bonds is 7. The molecule has 2 fully saturated rings. The van der Waals surface area contributed by atoms with Gasteiger partial charge in [-0.25, -0.2) is 21.9 Å². The topological polar surface area (TPSA) is 86.7 Å². The van der Waals surface area contributed by atoms with E-state index in [1.807, 2.05) is 0 Å². The van der Waals surface area contributed by atoms with Gasteiger partial charge in [0, 0.05) is 23.6 Å². The zero-order valence-electron chi connectivity index (χ0n) is 18.3. The van der Waals surface area contributed by atoms with Crippen LogP contribution in [-0.4, -0.2) is 61.2 Å². The molecule has 0 bridgehead atoms. The van der Waals surface area contributed by atoms with Crippen LogP contribution >= 0.6 is 0 Å². The quantitative estimate of drug-likeness (QED) is 0.552. The highest BCUT2D eigenvalue weighted by molar-refractivity contribution is 7.89. The maximum absolute atomic E-state index is 15.5. The highest BCUT2D eigenvalue weighted by Crippen LogP contribution is 2.56. The summed E-state index contributed by atoms with van der Waals surface area (Å²) in [5, 5.41) is 9.61. The van der Waals surface area contributed by atoms with Crippen molar-refractivity contribution in [3.05, 3.63) is 59.9 Å². The fraction of sp³-hybridized carbons (Fsp3) is 0.435. The lowest BCUT2D eigenvalue weighted by molar-refractivity contribution is -0.211. The molecule has 35 heavy (non-hydrogen) atoms. The summed E-state index contributed by atoms with van der Waals surface area (Å²) >= 11 is 0. The minimum atomic E-state index is -5.24. The summed E-state index contributed by atoms with van der Waals surface area (Å²) in [5.74, 6) is -2.33. The molecule has 2 aromatic rings. The summed E-state index contributed by atoms with van der Waals surface area (Å²) in [5.41, 5.74) is -0.109. The van der Waals surface area contributed by atoms with Gasteiger partial charge in [0.1, 0.15) is 5.82 Å². The van der Waals surface area contributed by atoms with E-state index in [9.17, 15) is 35.9 Å². The first-order valence-corrected chi connectivity index (χ1v) is 12.5. The molecule has 1 unspecified atom stereocenters. The molecular formula is C23H23F5N2O4S. The van der Waals surface area contributed by atoms with E-state index >= 15 is 4.39 Å². The number of amides is 1. The van der Waals surface area contributed by atoms with Crippen LogP contribution in [-0.2, 0) is 21.2 Å². The normalized spacial score (nSPS) is 22.4. The summed E-state index contributed by atoms with van der Waals surface area (Å²) in [4.78, 5) is 13.4. The fourth-order valence-electron chi connectivity index (χ4n) is 4.77. The molecule has 2 aliphatic rings. The first-order valence-electron chi connectivity index (χ1n) is 10.8. The van der Waals surface area contributed by atoms with Crippen molar-refractivity contribution in [1.82, 2.24) is 9.62 Å². The Hall–Kier alpha value is -2.57. The SMILES string of the molecule is O=C(C(O)C(F)(F)F)N1CC2(CC2)[C@H](NS(=O)(=O)CF)[C@@H]1Cc1cccc(-c2ccccc2)c1F. The smallest absolute Gasteiger partial charge is 0.376 e. The highest BCUT2D eigenvalue weighted by Gasteiger charge is 2.63. The predicted molar refractivity (Wildman–Crippen MR) is 117 cm³/mol. The average molecular weight is 519 g/mol. The number of halogens is 5. The molecule has 0 aromatic heterocycles. The number of carbonyl (C=O) groups is 1. The van der Waals surface area contributed by atoms with Crippen molar-refractivity contribution in [1.29, 1.82) is 0 Å². The van der Waals surface area contributed by atoms with Crippen LogP contribution in [0.25, 0.3) is 11.1 Å². The van der Waals surface area contributed by atoms with E-state index < -0.39 is 57.5 Å². The molecule has 0 radical (unpaired) electrons. The monoisotopic (exact) mass is 518 g/mol. The molecule has 1 saturated carbocycles. The molecular weight excluding hydrogens is 495 g/mol. The van der Waals surface area contributed by atoms with Crippen LogP contribution in [0.5, 0.6) is 0 Å².